The van der Waals surface area contributed by atoms with Crippen LogP contribution in [0.2, 0.25) is 5.02 Å². The van der Waals surface area contributed by atoms with Gasteiger partial charge in [0.2, 0.25) is 0 Å². The molecule has 2 rings (SSSR count). The molecule has 1 saturated heterocycles. The number of guanidine groups is 1. The fraction of sp³-hybridized carbons (Fsp3) is 0.562. The summed E-state index contributed by atoms with van der Waals surface area (Å²) in [7, 11) is 3.52. The summed E-state index contributed by atoms with van der Waals surface area (Å²) in [4.78, 5) is 6.62. The zero-order valence-electron chi connectivity index (χ0n) is 13.7. The molecule has 5 nitrogen and oxygen atoms in total. The van der Waals surface area contributed by atoms with Gasteiger partial charge in [-0.15, -0.1) is 24.0 Å². The van der Waals surface area contributed by atoms with Crippen molar-refractivity contribution < 1.29 is 4.74 Å². The van der Waals surface area contributed by atoms with Crippen LogP contribution in [-0.4, -0.2) is 52.4 Å². The number of hydrogen-bond acceptors (Lipinski definition) is 3. The van der Waals surface area contributed by atoms with Gasteiger partial charge in [0.15, 0.2) is 5.96 Å². The molecule has 1 fully saturated rings. The van der Waals surface area contributed by atoms with Gasteiger partial charge in [-0.1, -0.05) is 17.7 Å². The summed E-state index contributed by atoms with van der Waals surface area (Å²) in [5.74, 6) is 0.856. The molecule has 130 valence electrons. The van der Waals surface area contributed by atoms with E-state index in [1.165, 1.54) is 5.69 Å². The average Bonchev–Trinajstić information content (AvgIpc) is 2.99. The summed E-state index contributed by atoms with van der Waals surface area (Å²) in [6.45, 7) is 3.60. The van der Waals surface area contributed by atoms with Crippen molar-refractivity contribution in [2.75, 3.05) is 45.3 Å². The molecule has 1 heterocycles. The van der Waals surface area contributed by atoms with Crippen LogP contribution in [0.25, 0.3) is 0 Å². The van der Waals surface area contributed by atoms with E-state index in [2.05, 4.69) is 26.6 Å². The maximum absolute atomic E-state index is 6.07. The highest BCUT2D eigenvalue weighted by atomic mass is 127. The van der Waals surface area contributed by atoms with E-state index in [1.54, 1.807) is 14.2 Å². The zero-order chi connectivity index (χ0) is 15.8. The van der Waals surface area contributed by atoms with Gasteiger partial charge in [0.25, 0.3) is 0 Å². The lowest BCUT2D eigenvalue weighted by molar-refractivity contribution is 0.195. The van der Waals surface area contributed by atoms with E-state index >= 15 is 0 Å². The molecular weight excluding hydrogens is 427 g/mol. The van der Waals surface area contributed by atoms with Crippen LogP contribution >= 0.6 is 35.6 Å². The lowest BCUT2D eigenvalue weighted by atomic mass is 10.2. The van der Waals surface area contributed by atoms with Crippen molar-refractivity contribution in [1.82, 2.24) is 10.6 Å². The zero-order valence-corrected chi connectivity index (χ0v) is 16.8. The SMILES string of the molecule is CN=C(NCCCOC)NC1CCN(c2cccc(Cl)c2)C1.I. The molecule has 1 aromatic rings. The third-order valence-electron chi connectivity index (χ3n) is 3.74. The molecule has 1 atom stereocenters. The van der Waals surface area contributed by atoms with Crippen LogP contribution in [0.4, 0.5) is 5.69 Å². The molecule has 0 aromatic heterocycles. The van der Waals surface area contributed by atoms with E-state index in [-0.39, 0.29) is 24.0 Å². The van der Waals surface area contributed by atoms with Gasteiger partial charge in [-0.05, 0) is 31.0 Å². The van der Waals surface area contributed by atoms with Gasteiger partial charge in [0.1, 0.15) is 0 Å². The summed E-state index contributed by atoms with van der Waals surface area (Å²) >= 11 is 6.07. The number of methoxy groups -OCH3 is 1. The molecule has 0 saturated carbocycles. The van der Waals surface area contributed by atoms with E-state index < -0.39 is 0 Å². The molecule has 0 spiro atoms. The first-order valence-electron chi connectivity index (χ1n) is 7.69. The lowest BCUT2D eigenvalue weighted by Crippen LogP contribution is -2.45. The van der Waals surface area contributed by atoms with E-state index in [0.29, 0.717) is 6.04 Å². The van der Waals surface area contributed by atoms with Crippen LogP contribution in [0.3, 0.4) is 0 Å². The fourth-order valence-corrected chi connectivity index (χ4v) is 2.78. The fourth-order valence-electron chi connectivity index (χ4n) is 2.60. The Morgan fingerprint density at radius 3 is 3.00 bits per heavy atom. The van der Waals surface area contributed by atoms with Gasteiger partial charge in [0, 0.05) is 57.2 Å². The molecule has 1 unspecified atom stereocenters. The van der Waals surface area contributed by atoms with Crippen molar-refractivity contribution in [2.24, 2.45) is 4.99 Å². The molecule has 1 aliphatic heterocycles. The third kappa shape index (κ3) is 6.73. The van der Waals surface area contributed by atoms with Crippen LogP contribution < -0.4 is 15.5 Å². The van der Waals surface area contributed by atoms with Crippen LogP contribution in [0.15, 0.2) is 29.3 Å². The second kappa shape index (κ2) is 10.9. The van der Waals surface area contributed by atoms with E-state index in [9.17, 15) is 0 Å². The van der Waals surface area contributed by atoms with Crippen LogP contribution in [-0.2, 0) is 4.74 Å². The predicted molar refractivity (Wildman–Crippen MR) is 108 cm³/mol. The lowest BCUT2D eigenvalue weighted by Gasteiger charge is -2.20. The maximum atomic E-state index is 6.07. The Labute approximate surface area is 160 Å². The highest BCUT2D eigenvalue weighted by molar-refractivity contribution is 14.0. The number of rotatable bonds is 6. The minimum atomic E-state index is 0. The number of ether oxygens (including phenoxy) is 1. The highest BCUT2D eigenvalue weighted by Crippen LogP contribution is 2.23. The monoisotopic (exact) mass is 452 g/mol. The summed E-state index contributed by atoms with van der Waals surface area (Å²) < 4.78 is 5.05. The highest BCUT2D eigenvalue weighted by Gasteiger charge is 2.23. The molecule has 0 bridgehead atoms. The number of anilines is 1. The van der Waals surface area contributed by atoms with Gasteiger partial charge in [0.05, 0.1) is 0 Å². The van der Waals surface area contributed by atoms with E-state index in [1.807, 2.05) is 18.2 Å². The van der Waals surface area contributed by atoms with Gasteiger partial charge in [-0.3, -0.25) is 4.99 Å². The molecule has 0 radical (unpaired) electrons. The smallest absolute Gasteiger partial charge is 0.191 e. The molecule has 23 heavy (non-hydrogen) atoms. The molecule has 2 N–H and O–H groups in total. The Bertz CT molecular complexity index is 501. The minimum absolute atomic E-state index is 0. The maximum Gasteiger partial charge on any atom is 0.191 e. The Kier molecular flexibility index (Phi) is 9.66. The first-order chi connectivity index (χ1) is 10.7. The van der Waals surface area contributed by atoms with Crippen LogP contribution in [0, 0.1) is 0 Å². The summed E-state index contributed by atoms with van der Waals surface area (Å²) in [5.41, 5.74) is 1.18. The number of nitrogens with one attached hydrogen (secondary N) is 2. The van der Waals surface area contributed by atoms with Crippen molar-refractivity contribution in [3.8, 4) is 0 Å². The van der Waals surface area contributed by atoms with E-state index in [4.69, 9.17) is 16.3 Å². The quantitative estimate of drug-likeness (QED) is 0.302. The first-order valence-corrected chi connectivity index (χ1v) is 8.07. The molecule has 1 aromatic carbocycles. The third-order valence-corrected chi connectivity index (χ3v) is 3.98. The molecular formula is C16H26ClIN4O. The average molecular weight is 453 g/mol. The number of hydrogen-bond donors (Lipinski definition) is 2. The molecule has 0 amide bonds. The van der Waals surface area contributed by atoms with E-state index in [0.717, 1.165) is 50.1 Å². The Morgan fingerprint density at radius 1 is 1.48 bits per heavy atom. The Morgan fingerprint density at radius 2 is 2.30 bits per heavy atom. The number of nitrogens with zero attached hydrogens (tertiary/aromatic N) is 2. The molecule has 7 heteroatoms. The van der Waals surface area contributed by atoms with Crippen LogP contribution in [0.5, 0.6) is 0 Å². The van der Waals surface area contributed by atoms with Crippen molar-refractivity contribution in [1.29, 1.82) is 0 Å². The predicted octanol–water partition coefficient (Wildman–Crippen LogP) is 2.74. The number of aliphatic imine (C=N–C) groups is 1. The Balaban J connectivity index is 0.00000264. The largest absolute Gasteiger partial charge is 0.385 e. The topological polar surface area (TPSA) is 48.9 Å². The standard InChI is InChI=1S/C16H25ClN4O.HI/c1-18-16(19-8-4-10-22-2)20-14-7-9-21(12-14)15-6-3-5-13(17)11-15;/h3,5-6,11,14H,4,7-10,12H2,1-2H3,(H2,18,19,20);1H. The normalized spacial score (nSPS) is 17.8. The molecule has 0 aliphatic carbocycles. The van der Waals surface area contributed by atoms with Gasteiger partial charge in [-0.2, -0.15) is 0 Å². The van der Waals surface area contributed by atoms with Gasteiger partial charge >= 0.3 is 0 Å². The summed E-state index contributed by atoms with van der Waals surface area (Å²) in [5, 5.41) is 7.58. The van der Waals surface area contributed by atoms with Crippen molar-refractivity contribution in [2.45, 2.75) is 18.9 Å². The summed E-state index contributed by atoms with van der Waals surface area (Å²) in [6.07, 6.45) is 2.06. The second-order valence-corrected chi connectivity index (χ2v) is 5.84. The first kappa shape index (κ1) is 20.3. The molecule has 1 aliphatic rings. The second-order valence-electron chi connectivity index (χ2n) is 5.40. The number of halogens is 2. The van der Waals surface area contributed by atoms with Crippen molar-refractivity contribution in [3.05, 3.63) is 29.3 Å². The van der Waals surface area contributed by atoms with Gasteiger partial charge < -0.3 is 20.3 Å². The summed E-state index contributed by atoms with van der Waals surface area (Å²) in [6, 6.07) is 8.41. The van der Waals surface area contributed by atoms with Crippen molar-refractivity contribution >= 4 is 47.2 Å². The van der Waals surface area contributed by atoms with Crippen molar-refractivity contribution in [3.63, 3.8) is 0 Å². The van der Waals surface area contributed by atoms with Gasteiger partial charge in [-0.25, -0.2) is 0 Å². The van der Waals surface area contributed by atoms with Crippen LogP contribution in [0.1, 0.15) is 12.8 Å². The number of benzene rings is 1. The minimum Gasteiger partial charge on any atom is -0.385 e. The Hall–Kier alpha value is -0.730.